The molecule has 106 valence electrons. The maximum Gasteiger partial charge on any atom is 0.0784 e. The minimum absolute atomic E-state index is 0.0210. The van der Waals surface area contributed by atoms with Gasteiger partial charge in [-0.2, -0.15) is 0 Å². The molecule has 18 heavy (non-hydrogen) atoms. The summed E-state index contributed by atoms with van der Waals surface area (Å²) in [7, 11) is 0. The molecule has 0 aliphatic carbocycles. The van der Waals surface area contributed by atoms with E-state index in [0.717, 1.165) is 12.3 Å². The highest BCUT2D eigenvalue weighted by atomic mass is 32.1. The van der Waals surface area contributed by atoms with Crippen LogP contribution in [0.15, 0.2) is 0 Å². The topological polar surface area (TPSA) is 29.3 Å². The van der Waals surface area contributed by atoms with E-state index in [4.69, 9.17) is 18.0 Å². The molecule has 1 aliphatic heterocycles. The summed E-state index contributed by atoms with van der Waals surface area (Å²) < 4.78 is 0. The van der Waals surface area contributed by atoms with Crippen LogP contribution in [0.4, 0.5) is 0 Å². The highest BCUT2D eigenvalue weighted by Crippen LogP contribution is 2.24. The highest BCUT2D eigenvalue weighted by Gasteiger charge is 2.21. The van der Waals surface area contributed by atoms with Crippen molar-refractivity contribution in [3.8, 4) is 0 Å². The first kappa shape index (κ1) is 15.9. The monoisotopic (exact) mass is 270 g/mol. The van der Waals surface area contributed by atoms with Crippen LogP contribution in [0.1, 0.15) is 59.3 Å². The quantitative estimate of drug-likeness (QED) is 0.748. The second kappa shape index (κ2) is 7.44. The summed E-state index contributed by atoms with van der Waals surface area (Å²) in [6.07, 6.45) is 7.84. The maximum atomic E-state index is 5.77. The number of thiocarbonyl (C=S) groups is 1. The van der Waals surface area contributed by atoms with Gasteiger partial charge in [-0.25, -0.2) is 0 Å². The van der Waals surface area contributed by atoms with E-state index >= 15 is 0 Å². The van der Waals surface area contributed by atoms with Crippen LogP contribution in [0.25, 0.3) is 0 Å². The Bertz CT molecular complexity index is 263. The largest absolute Gasteiger partial charge is 0.393 e. The molecule has 2 nitrogen and oxygen atoms in total. The Balaban J connectivity index is 2.25. The minimum atomic E-state index is 0.0210. The van der Waals surface area contributed by atoms with Gasteiger partial charge in [0.2, 0.25) is 0 Å². The maximum absolute atomic E-state index is 5.77. The highest BCUT2D eigenvalue weighted by molar-refractivity contribution is 7.80. The summed E-state index contributed by atoms with van der Waals surface area (Å²) >= 11 is 5.12. The third kappa shape index (κ3) is 5.23. The fraction of sp³-hybridized carbons (Fsp3) is 0.933. The molecule has 3 heteroatoms. The lowest BCUT2D eigenvalue weighted by atomic mass is 9.88. The average Bonchev–Trinajstić information content (AvgIpc) is 2.54. The molecule has 0 bridgehead atoms. The molecular weight excluding hydrogens is 240 g/mol. The lowest BCUT2D eigenvalue weighted by molar-refractivity contribution is 0.263. The van der Waals surface area contributed by atoms with Crippen LogP contribution in [-0.2, 0) is 0 Å². The number of hydrogen-bond donors (Lipinski definition) is 1. The van der Waals surface area contributed by atoms with Crippen molar-refractivity contribution in [1.82, 2.24) is 4.90 Å². The molecule has 1 saturated heterocycles. The summed E-state index contributed by atoms with van der Waals surface area (Å²) in [6, 6.07) is 0. The first-order valence-electron chi connectivity index (χ1n) is 7.48. The summed E-state index contributed by atoms with van der Waals surface area (Å²) in [5.74, 6) is 0.961. The molecule has 0 aromatic rings. The van der Waals surface area contributed by atoms with Gasteiger partial charge in [-0.05, 0) is 57.7 Å². The average molecular weight is 270 g/mol. The summed E-state index contributed by atoms with van der Waals surface area (Å²) in [5, 5.41) is 0. The Morgan fingerprint density at radius 3 is 2.67 bits per heavy atom. The second-order valence-corrected chi connectivity index (χ2v) is 6.84. The van der Waals surface area contributed by atoms with E-state index < -0.39 is 0 Å². The number of likely N-dealkylation sites (tertiary alicyclic amines) is 1. The van der Waals surface area contributed by atoms with E-state index in [0.29, 0.717) is 4.99 Å². The van der Waals surface area contributed by atoms with E-state index in [1.807, 2.05) is 0 Å². The van der Waals surface area contributed by atoms with E-state index in [-0.39, 0.29) is 5.41 Å². The minimum Gasteiger partial charge on any atom is -0.393 e. The van der Waals surface area contributed by atoms with E-state index in [9.17, 15) is 0 Å². The number of nitrogens with two attached hydrogens (primary N) is 1. The smallest absolute Gasteiger partial charge is 0.0784 e. The Morgan fingerprint density at radius 2 is 2.06 bits per heavy atom. The number of rotatable bonds is 6. The van der Waals surface area contributed by atoms with Crippen LogP contribution in [0.2, 0.25) is 0 Å². The van der Waals surface area contributed by atoms with Crippen LogP contribution in [-0.4, -0.2) is 29.5 Å². The van der Waals surface area contributed by atoms with Crippen LogP contribution in [0.3, 0.4) is 0 Å². The van der Waals surface area contributed by atoms with Crippen molar-refractivity contribution in [2.24, 2.45) is 17.1 Å². The van der Waals surface area contributed by atoms with Crippen LogP contribution < -0.4 is 5.73 Å². The number of hydrogen-bond acceptors (Lipinski definition) is 2. The van der Waals surface area contributed by atoms with Gasteiger partial charge in [-0.1, -0.05) is 39.4 Å². The third-order valence-corrected chi connectivity index (χ3v) is 5.01. The van der Waals surface area contributed by atoms with E-state index in [2.05, 4.69) is 25.7 Å². The van der Waals surface area contributed by atoms with Gasteiger partial charge in [0.25, 0.3) is 0 Å². The standard InChI is InChI=1S/C15H30N2S/c1-4-13-7-5-10-17(12-8-13)11-6-9-15(2,3)14(16)18/h13H,4-12H2,1-3H3,(H2,16,18). The lowest BCUT2D eigenvalue weighted by Gasteiger charge is -2.25. The SMILES string of the molecule is CCC1CCCN(CCCC(C)(C)C(N)=S)CC1. The zero-order valence-corrected chi connectivity index (χ0v) is 13.2. The molecule has 1 atom stereocenters. The molecule has 1 aliphatic rings. The van der Waals surface area contributed by atoms with Gasteiger partial charge in [0.1, 0.15) is 0 Å². The summed E-state index contributed by atoms with van der Waals surface area (Å²) in [4.78, 5) is 3.29. The first-order valence-corrected chi connectivity index (χ1v) is 7.89. The second-order valence-electron chi connectivity index (χ2n) is 6.40. The molecule has 0 spiro atoms. The fourth-order valence-corrected chi connectivity index (χ4v) is 2.83. The van der Waals surface area contributed by atoms with Crippen molar-refractivity contribution < 1.29 is 0 Å². The van der Waals surface area contributed by atoms with Crippen LogP contribution >= 0.6 is 12.2 Å². The zero-order chi connectivity index (χ0) is 13.6. The first-order chi connectivity index (χ1) is 8.45. The predicted molar refractivity (Wildman–Crippen MR) is 83.9 cm³/mol. The normalized spacial score (nSPS) is 22.7. The molecule has 0 saturated carbocycles. The van der Waals surface area contributed by atoms with Crippen molar-refractivity contribution >= 4 is 17.2 Å². The molecule has 0 aromatic heterocycles. The molecule has 0 amide bonds. The van der Waals surface area contributed by atoms with Gasteiger partial charge < -0.3 is 10.6 Å². The molecular formula is C15H30N2S. The Labute approximate surface area is 118 Å². The number of nitrogens with zero attached hydrogens (tertiary/aromatic N) is 1. The summed E-state index contributed by atoms with van der Waals surface area (Å²) in [5.41, 5.74) is 5.79. The van der Waals surface area contributed by atoms with Crippen molar-refractivity contribution in [1.29, 1.82) is 0 Å². The van der Waals surface area contributed by atoms with Gasteiger partial charge >= 0.3 is 0 Å². The Hall–Kier alpha value is -0.150. The predicted octanol–water partition coefficient (Wildman–Crippen LogP) is 3.59. The van der Waals surface area contributed by atoms with Crippen molar-refractivity contribution in [3.05, 3.63) is 0 Å². The van der Waals surface area contributed by atoms with Gasteiger partial charge in [0, 0.05) is 5.41 Å². The molecule has 1 fully saturated rings. The van der Waals surface area contributed by atoms with Crippen molar-refractivity contribution in [2.45, 2.75) is 59.3 Å². The molecule has 1 unspecified atom stereocenters. The lowest BCUT2D eigenvalue weighted by Crippen LogP contribution is -2.32. The van der Waals surface area contributed by atoms with E-state index in [1.165, 1.54) is 51.7 Å². The zero-order valence-electron chi connectivity index (χ0n) is 12.4. The molecule has 2 N–H and O–H groups in total. The molecule has 0 aromatic carbocycles. The fourth-order valence-electron chi connectivity index (χ4n) is 2.72. The molecule has 1 rings (SSSR count). The van der Waals surface area contributed by atoms with Crippen molar-refractivity contribution in [2.75, 3.05) is 19.6 Å². The van der Waals surface area contributed by atoms with Gasteiger partial charge in [-0.15, -0.1) is 0 Å². The van der Waals surface area contributed by atoms with Gasteiger partial charge in [-0.3, -0.25) is 0 Å². The van der Waals surface area contributed by atoms with E-state index in [1.54, 1.807) is 0 Å². The Morgan fingerprint density at radius 1 is 1.33 bits per heavy atom. The van der Waals surface area contributed by atoms with Gasteiger partial charge in [0.05, 0.1) is 4.99 Å². The molecule has 0 radical (unpaired) electrons. The molecule has 1 heterocycles. The summed E-state index contributed by atoms with van der Waals surface area (Å²) in [6.45, 7) is 10.4. The van der Waals surface area contributed by atoms with Gasteiger partial charge in [0.15, 0.2) is 0 Å². The van der Waals surface area contributed by atoms with Crippen LogP contribution in [0.5, 0.6) is 0 Å². The van der Waals surface area contributed by atoms with Crippen LogP contribution in [0, 0.1) is 11.3 Å². The van der Waals surface area contributed by atoms with Crippen molar-refractivity contribution in [3.63, 3.8) is 0 Å². The Kier molecular flexibility index (Phi) is 6.58. The third-order valence-electron chi connectivity index (χ3n) is 4.46.